The largest absolute Gasteiger partial charge is 0.503 e. The third kappa shape index (κ3) is 3.84. The van der Waals surface area contributed by atoms with Gasteiger partial charge in [0.25, 0.3) is 5.91 Å². The van der Waals surface area contributed by atoms with Crippen molar-refractivity contribution in [2.75, 3.05) is 27.2 Å². The first-order valence-electron chi connectivity index (χ1n) is 9.95. The number of furan rings is 1. The Bertz CT molecular complexity index is 1210. The smallest absolute Gasteiger partial charge is 0.290 e. The molecule has 3 aromatic rings. The molecule has 2 heterocycles. The number of nitrogens with zero attached hydrogens (tertiary/aromatic N) is 2. The van der Waals surface area contributed by atoms with Crippen molar-refractivity contribution in [1.29, 1.82) is 0 Å². The summed E-state index contributed by atoms with van der Waals surface area (Å²) in [6.45, 7) is 2.70. The van der Waals surface area contributed by atoms with E-state index < -0.39 is 29.3 Å². The van der Waals surface area contributed by atoms with Gasteiger partial charge in [0.05, 0.1) is 11.6 Å². The van der Waals surface area contributed by atoms with E-state index in [0.717, 1.165) is 10.9 Å². The Labute approximate surface area is 179 Å². The maximum Gasteiger partial charge on any atom is 0.290 e. The number of ketones is 1. The number of amides is 1. The standard InChI is InChI=1S/C24H23FN2O4/c1-14-7-8-18-16(11-14)13-19(31-18)22(28)20-21(15-5-4-6-17(25)12-15)27(10-9-26(2)3)24(30)23(20)29/h4-8,11-13,21,29H,9-10H2,1-3H3. The second kappa shape index (κ2) is 8.00. The number of Topliss-reactive ketones (excluding diaryl/α,β-unsaturated/α-hetero) is 1. The Morgan fingerprint density at radius 1 is 1.19 bits per heavy atom. The highest BCUT2D eigenvalue weighted by Gasteiger charge is 2.44. The van der Waals surface area contributed by atoms with Crippen molar-refractivity contribution in [3.05, 3.63) is 82.6 Å². The lowest BCUT2D eigenvalue weighted by Gasteiger charge is -2.27. The lowest BCUT2D eigenvalue weighted by atomic mass is 9.95. The maximum absolute atomic E-state index is 14.0. The number of carbonyl (C=O) groups excluding carboxylic acids is 2. The van der Waals surface area contributed by atoms with Crippen LogP contribution in [0, 0.1) is 12.7 Å². The van der Waals surface area contributed by atoms with Gasteiger partial charge in [-0.15, -0.1) is 0 Å². The van der Waals surface area contributed by atoms with Crippen LogP contribution in [0.4, 0.5) is 4.39 Å². The summed E-state index contributed by atoms with van der Waals surface area (Å²) >= 11 is 0. The zero-order valence-electron chi connectivity index (χ0n) is 17.6. The van der Waals surface area contributed by atoms with Gasteiger partial charge in [0.2, 0.25) is 5.78 Å². The minimum absolute atomic E-state index is 0.0193. The molecular weight excluding hydrogens is 399 g/mol. The fourth-order valence-corrected chi connectivity index (χ4v) is 3.85. The molecule has 6 nitrogen and oxygen atoms in total. The second-order valence-corrected chi connectivity index (χ2v) is 8.00. The lowest BCUT2D eigenvalue weighted by Crippen LogP contribution is -2.36. The molecule has 1 unspecified atom stereocenters. The first kappa shape index (κ1) is 20.8. The van der Waals surface area contributed by atoms with Gasteiger partial charge in [0.15, 0.2) is 11.5 Å². The number of likely N-dealkylation sites (N-methyl/N-ethyl adjacent to an activating group) is 1. The van der Waals surface area contributed by atoms with Crippen LogP contribution in [0.1, 0.15) is 27.7 Å². The fourth-order valence-electron chi connectivity index (χ4n) is 3.85. The van der Waals surface area contributed by atoms with E-state index in [-0.39, 0.29) is 17.9 Å². The average Bonchev–Trinajstić information content (AvgIpc) is 3.25. The Morgan fingerprint density at radius 3 is 2.68 bits per heavy atom. The Morgan fingerprint density at radius 2 is 1.97 bits per heavy atom. The van der Waals surface area contributed by atoms with Crippen LogP contribution in [-0.4, -0.2) is 53.8 Å². The molecule has 0 spiro atoms. The fraction of sp³-hybridized carbons (Fsp3) is 0.250. The molecule has 7 heteroatoms. The SMILES string of the molecule is Cc1ccc2oc(C(=O)C3=C(O)C(=O)N(CCN(C)C)C3c3cccc(F)c3)cc2c1. The molecule has 0 aliphatic carbocycles. The number of carbonyl (C=O) groups is 2. The number of rotatable bonds is 6. The van der Waals surface area contributed by atoms with Crippen LogP contribution in [-0.2, 0) is 4.79 Å². The molecule has 1 aliphatic heterocycles. The molecule has 0 saturated carbocycles. The summed E-state index contributed by atoms with van der Waals surface area (Å²) in [5.74, 6) is -2.36. The van der Waals surface area contributed by atoms with Gasteiger partial charge in [-0.1, -0.05) is 23.8 Å². The summed E-state index contributed by atoms with van der Waals surface area (Å²) in [7, 11) is 3.71. The van der Waals surface area contributed by atoms with E-state index in [2.05, 4.69) is 0 Å². The number of aliphatic hydroxyl groups excluding tert-OH is 1. The lowest BCUT2D eigenvalue weighted by molar-refractivity contribution is -0.129. The molecule has 0 bridgehead atoms. The zero-order chi connectivity index (χ0) is 22.3. The van der Waals surface area contributed by atoms with Crippen LogP contribution in [0.5, 0.6) is 0 Å². The van der Waals surface area contributed by atoms with Crippen LogP contribution in [0.15, 0.2) is 64.3 Å². The minimum Gasteiger partial charge on any atom is -0.503 e. The highest BCUT2D eigenvalue weighted by Crippen LogP contribution is 2.39. The third-order valence-corrected chi connectivity index (χ3v) is 5.40. The molecule has 160 valence electrons. The highest BCUT2D eigenvalue weighted by molar-refractivity contribution is 6.16. The van der Waals surface area contributed by atoms with Crippen molar-refractivity contribution < 1.29 is 23.5 Å². The number of aryl methyl sites for hydroxylation is 1. The number of hydrogen-bond acceptors (Lipinski definition) is 5. The Kier molecular flexibility index (Phi) is 5.37. The van der Waals surface area contributed by atoms with E-state index in [4.69, 9.17) is 4.42 Å². The number of hydrogen-bond donors (Lipinski definition) is 1. The van der Waals surface area contributed by atoms with E-state index in [1.807, 2.05) is 38.1 Å². The molecule has 2 aromatic carbocycles. The summed E-state index contributed by atoms with van der Waals surface area (Å²) in [4.78, 5) is 29.6. The first-order chi connectivity index (χ1) is 14.8. The van der Waals surface area contributed by atoms with Crippen molar-refractivity contribution in [2.45, 2.75) is 13.0 Å². The molecule has 1 aliphatic rings. The molecule has 1 atom stereocenters. The van der Waals surface area contributed by atoms with E-state index in [1.54, 1.807) is 18.2 Å². The predicted octanol–water partition coefficient (Wildman–Crippen LogP) is 4.02. The van der Waals surface area contributed by atoms with Gasteiger partial charge in [0, 0.05) is 18.5 Å². The first-order valence-corrected chi connectivity index (χ1v) is 9.95. The monoisotopic (exact) mass is 422 g/mol. The quantitative estimate of drug-likeness (QED) is 0.608. The third-order valence-electron chi connectivity index (χ3n) is 5.40. The Hall–Kier alpha value is -3.45. The van der Waals surface area contributed by atoms with Crippen LogP contribution < -0.4 is 0 Å². The van der Waals surface area contributed by atoms with Gasteiger partial charge in [0.1, 0.15) is 11.4 Å². The topological polar surface area (TPSA) is 74.0 Å². The maximum atomic E-state index is 14.0. The van der Waals surface area contributed by atoms with E-state index in [9.17, 15) is 19.1 Å². The van der Waals surface area contributed by atoms with Gasteiger partial charge < -0.3 is 19.3 Å². The number of fused-ring (bicyclic) bond motifs is 1. The normalized spacial score (nSPS) is 16.7. The summed E-state index contributed by atoms with van der Waals surface area (Å²) in [5.41, 5.74) is 1.85. The second-order valence-electron chi connectivity index (χ2n) is 8.00. The van der Waals surface area contributed by atoms with E-state index in [0.29, 0.717) is 17.7 Å². The predicted molar refractivity (Wildman–Crippen MR) is 114 cm³/mol. The molecule has 1 aromatic heterocycles. The van der Waals surface area contributed by atoms with Crippen molar-refractivity contribution in [3.8, 4) is 0 Å². The van der Waals surface area contributed by atoms with Crippen LogP contribution in [0.3, 0.4) is 0 Å². The minimum atomic E-state index is -0.911. The van der Waals surface area contributed by atoms with Crippen LogP contribution >= 0.6 is 0 Å². The van der Waals surface area contributed by atoms with E-state index in [1.165, 1.54) is 23.1 Å². The van der Waals surface area contributed by atoms with Crippen molar-refractivity contribution in [1.82, 2.24) is 9.80 Å². The molecule has 4 rings (SSSR count). The molecule has 1 N–H and O–H groups in total. The summed E-state index contributed by atoms with van der Waals surface area (Å²) in [5, 5.41) is 11.4. The summed E-state index contributed by atoms with van der Waals surface area (Å²) in [6.07, 6.45) is 0. The van der Waals surface area contributed by atoms with Crippen molar-refractivity contribution in [2.24, 2.45) is 0 Å². The van der Waals surface area contributed by atoms with Gasteiger partial charge >= 0.3 is 0 Å². The van der Waals surface area contributed by atoms with Gasteiger partial charge in [-0.05, 0) is 56.9 Å². The molecule has 1 amide bonds. The highest BCUT2D eigenvalue weighted by atomic mass is 19.1. The van der Waals surface area contributed by atoms with Gasteiger partial charge in [-0.3, -0.25) is 9.59 Å². The van der Waals surface area contributed by atoms with Crippen LogP contribution in [0.25, 0.3) is 11.0 Å². The van der Waals surface area contributed by atoms with E-state index >= 15 is 0 Å². The van der Waals surface area contributed by atoms with Crippen molar-refractivity contribution >= 4 is 22.7 Å². The molecule has 0 saturated heterocycles. The van der Waals surface area contributed by atoms with Gasteiger partial charge in [-0.2, -0.15) is 0 Å². The number of benzene rings is 2. The molecular formula is C24H23FN2O4. The molecule has 0 fully saturated rings. The Balaban J connectivity index is 1.80. The van der Waals surface area contributed by atoms with Gasteiger partial charge in [-0.25, -0.2) is 4.39 Å². The molecule has 0 radical (unpaired) electrons. The molecule has 31 heavy (non-hydrogen) atoms. The number of halogens is 1. The number of aliphatic hydroxyl groups is 1. The average molecular weight is 422 g/mol. The summed E-state index contributed by atoms with van der Waals surface area (Å²) in [6, 6.07) is 11.9. The summed E-state index contributed by atoms with van der Waals surface area (Å²) < 4.78 is 19.7. The zero-order valence-corrected chi connectivity index (χ0v) is 17.6. The van der Waals surface area contributed by atoms with Crippen molar-refractivity contribution in [3.63, 3.8) is 0 Å². The van der Waals surface area contributed by atoms with Crippen LogP contribution in [0.2, 0.25) is 0 Å².